The first-order chi connectivity index (χ1) is 14.8. The van der Waals surface area contributed by atoms with Gasteiger partial charge in [-0.15, -0.1) is 0 Å². The summed E-state index contributed by atoms with van der Waals surface area (Å²) < 4.78 is 57.2. The van der Waals surface area contributed by atoms with E-state index >= 15 is 0 Å². The van der Waals surface area contributed by atoms with Gasteiger partial charge in [0, 0.05) is 5.69 Å². The summed E-state index contributed by atoms with van der Waals surface area (Å²) in [5, 5.41) is 10.0. The third-order valence-electron chi connectivity index (χ3n) is 4.39. The third-order valence-corrected chi connectivity index (χ3v) is 4.39. The molecule has 0 radical (unpaired) electrons. The molecule has 0 fully saturated rings. The molecule has 11 heteroatoms. The Labute approximate surface area is 173 Å². The molecule has 0 saturated carbocycles. The zero-order chi connectivity index (χ0) is 22.0. The predicted molar refractivity (Wildman–Crippen MR) is 102 cm³/mol. The monoisotopic (exact) mass is 430 g/mol. The number of rotatable bonds is 5. The summed E-state index contributed by atoms with van der Waals surface area (Å²) in [5.41, 5.74) is -1.35. The lowest BCUT2D eigenvalue weighted by molar-refractivity contribution is -0.143. The van der Waals surface area contributed by atoms with Crippen LogP contribution in [-0.2, 0) is 12.7 Å². The van der Waals surface area contributed by atoms with Crippen LogP contribution >= 0.6 is 0 Å². The fourth-order valence-corrected chi connectivity index (χ4v) is 2.99. The minimum absolute atomic E-state index is 0.291. The standard InChI is InChI=1S/C20H14F4N6O/c21-16-3-1-2-4-17(16)30-18(20(22,23)24)15(9-26-30)19(31)28-14-7-5-13(6-8-14)10-29-12-25-11-27-29/h1-9,11-12H,10H2,(H,28,31). The van der Waals surface area contributed by atoms with E-state index in [4.69, 9.17) is 0 Å². The first kappa shape index (κ1) is 20.3. The quantitative estimate of drug-likeness (QED) is 0.487. The van der Waals surface area contributed by atoms with Crippen LogP contribution in [0.1, 0.15) is 21.6 Å². The van der Waals surface area contributed by atoms with Crippen LogP contribution in [-0.4, -0.2) is 30.5 Å². The summed E-state index contributed by atoms with van der Waals surface area (Å²) in [6.07, 6.45) is -1.23. The molecule has 1 amide bonds. The number of hydrogen-bond acceptors (Lipinski definition) is 4. The number of nitrogens with one attached hydrogen (secondary N) is 1. The molecule has 0 spiro atoms. The minimum Gasteiger partial charge on any atom is -0.322 e. The topological polar surface area (TPSA) is 77.6 Å². The number of aromatic nitrogens is 5. The van der Waals surface area contributed by atoms with Gasteiger partial charge in [-0.1, -0.05) is 24.3 Å². The van der Waals surface area contributed by atoms with Gasteiger partial charge in [-0.3, -0.25) is 4.79 Å². The van der Waals surface area contributed by atoms with Crippen LogP contribution in [0.15, 0.2) is 67.4 Å². The Bertz CT molecular complexity index is 1200. The van der Waals surface area contributed by atoms with Gasteiger partial charge in [0.2, 0.25) is 0 Å². The number of anilines is 1. The Morgan fingerprint density at radius 3 is 2.42 bits per heavy atom. The lowest BCUT2D eigenvalue weighted by Crippen LogP contribution is -2.21. The number of carbonyl (C=O) groups excluding carboxylic acids is 1. The lowest BCUT2D eigenvalue weighted by atomic mass is 10.2. The van der Waals surface area contributed by atoms with E-state index in [9.17, 15) is 22.4 Å². The van der Waals surface area contributed by atoms with Crippen LogP contribution in [0.4, 0.5) is 23.2 Å². The number of benzene rings is 2. The molecule has 0 aliphatic heterocycles. The fourth-order valence-electron chi connectivity index (χ4n) is 2.99. The highest BCUT2D eigenvalue weighted by molar-refractivity contribution is 6.05. The average Bonchev–Trinajstić information content (AvgIpc) is 3.39. The lowest BCUT2D eigenvalue weighted by Gasteiger charge is -2.13. The van der Waals surface area contributed by atoms with Crippen molar-refractivity contribution in [3.63, 3.8) is 0 Å². The summed E-state index contributed by atoms with van der Waals surface area (Å²) in [7, 11) is 0. The molecule has 4 aromatic rings. The zero-order valence-corrected chi connectivity index (χ0v) is 15.7. The van der Waals surface area contributed by atoms with E-state index in [1.54, 1.807) is 35.3 Å². The van der Waals surface area contributed by atoms with Gasteiger partial charge in [-0.05, 0) is 29.8 Å². The van der Waals surface area contributed by atoms with Gasteiger partial charge >= 0.3 is 6.18 Å². The molecule has 2 aromatic carbocycles. The van der Waals surface area contributed by atoms with Gasteiger partial charge in [0.05, 0.1) is 18.3 Å². The van der Waals surface area contributed by atoms with Crippen molar-refractivity contribution in [3.8, 4) is 5.69 Å². The number of para-hydroxylation sites is 1. The van der Waals surface area contributed by atoms with Crippen LogP contribution in [0.2, 0.25) is 0 Å². The predicted octanol–water partition coefficient (Wildman–Crippen LogP) is 3.92. The fraction of sp³-hybridized carbons (Fsp3) is 0.100. The highest BCUT2D eigenvalue weighted by Crippen LogP contribution is 2.34. The Morgan fingerprint density at radius 1 is 1.03 bits per heavy atom. The number of halogens is 4. The van der Waals surface area contributed by atoms with Crippen molar-refractivity contribution in [1.29, 1.82) is 0 Å². The van der Waals surface area contributed by atoms with Crippen molar-refractivity contribution in [2.24, 2.45) is 0 Å². The number of amides is 1. The van der Waals surface area contributed by atoms with Gasteiger partial charge in [0.1, 0.15) is 24.2 Å². The Balaban J connectivity index is 1.59. The van der Waals surface area contributed by atoms with Crippen LogP contribution in [0.5, 0.6) is 0 Å². The normalized spacial score (nSPS) is 11.5. The number of alkyl halides is 3. The molecule has 0 aliphatic rings. The highest BCUT2D eigenvalue weighted by Gasteiger charge is 2.41. The SMILES string of the molecule is O=C(Nc1ccc(Cn2cncn2)cc1)c1cnn(-c2ccccc2F)c1C(F)(F)F. The van der Waals surface area contributed by atoms with Gasteiger partial charge in [-0.2, -0.15) is 23.4 Å². The number of hydrogen-bond donors (Lipinski definition) is 1. The maximum Gasteiger partial charge on any atom is 0.434 e. The van der Waals surface area contributed by atoms with Gasteiger partial charge in [0.25, 0.3) is 5.91 Å². The molecule has 0 saturated heterocycles. The van der Waals surface area contributed by atoms with Crippen LogP contribution in [0.25, 0.3) is 5.69 Å². The van der Waals surface area contributed by atoms with Crippen molar-refractivity contribution < 1.29 is 22.4 Å². The molecule has 2 aromatic heterocycles. The second-order valence-corrected chi connectivity index (χ2v) is 6.51. The summed E-state index contributed by atoms with van der Waals surface area (Å²) in [6.45, 7) is 0.446. The maximum absolute atomic E-state index is 14.0. The summed E-state index contributed by atoms with van der Waals surface area (Å²) >= 11 is 0. The van der Waals surface area contributed by atoms with Crippen molar-refractivity contribution in [1.82, 2.24) is 24.5 Å². The van der Waals surface area contributed by atoms with E-state index in [0.29, 0.717) is 16.9 Å². The molecular weight excluding hydrogens is 416 g/mol. The van der Waals surface area contributed by atoms with Crippen molar-refractivity contribution >= 4 is 11.6 Å². The average molecular weight is 430 g/mol. The molecule has 2 heterocycles. The van der Waals surface area contributed by atoms with Gasteiger partial charge in [0.15, 0.2) is 5.69 Å². The zero-order valence-electron chi connectivity index (χ0n) is 15.7. The largest absolute Gasteiger partial charge is 0.434 e. The smallest absolute Gasteiger partial charge is 0.322 e. The molecule has 0 unspecified atom stereocenters. The van der Waals surface area contributed by atoms with Crippen LogP contribution < -0.4 is 5.32 Å². The Kier molecular flexibility index (Phi) is 5.24. The van der Waals surface area contributed by atoms with E-state index < -0.39 is 34.8 Å². The second kappa shape index (κ2) is 8.01. The summed E-state index contributed by atoms with van der Waals surface area (Å²) in [6, 6.07) is 11.4. The maximum atomic E-state index is 14.0. The molecule has 0 bridgehead atoms. The van der Waals surface area contributed by atoms with E-state index in [1.165, 1.54) is 18.5 Å². The molecular formula is C20H14F4N6O. The second-order valence-electron chi connectivity index (χ2n) is 6.51. The first-order valence-corrected chi connectivity index (χ1v) is 8.96. The van der Waals surface area contributed by atoms with Gasteiger partial charge in [-0.25, -0.2) is 18.7 Å². The molecule has 7 nitrogen and oxygen atoms in total. The first-order valence-electron chi connectivity index (χ1n) is 8.96. The van der Waals surface area contributed by atoms with Crippen molar-refractivity contribution in [3.05, 3.63) is 90.0 Å². The van der Waals surface area contributed by atoms with E-state index in [0.717, 1.165) is 23.9 Å². The van der Waals surface area contributed by atoms with E-state index in [2.05, 4.69) is 20.5 Å². The van der Waals surface area contributed by atoms with Gasteiger partial charge < -0.3 is 5.32 Å². The summed E-state index contributed by atoms with van der Waals surface area (Å²) in [4.78, 5) is 16.4. The molecule has 0 aliphatic carbocycles. The third kappa shape index (κ3) is 4.29. The highest BCUT2D eigenvalue weighted by atomic mass is 19.4. The molecule has 4 rings (SSSR count). The van der Waals surface area contributed by atoms with Crippen LogP contribution in [0.3, 0.4) is 0 Å². The molecule has 1 N–H and O–H groups in total. The number of nitrogens with zero attached hydrogens (tertiary/aromatic N) is 5. The van der Waals surface area contributed by atoms with Crippen molar-refractivity contribution in [2.45, 2.75) is 12.7 Å². The minimum atomic E-state index is -4.94. The summed E-state index contributed by atoms with van der Waals surface area (Å²) in [5.74, 6) is -1.91. The Hall–Kier alpha value is -4.02. The molecule has 158 valence electrons. The van der Waals surface area contributed by atoms with Crippen LogP contribution in [0, 0.1) is 5.82 Å². The van der Waals surface area contributed by atoms with Crippen molar-refractivity contribution in [2.75, 3.05) is 5.32 Å². The Morgan fingerprint density at radius 2 is 1.77 bits per heavy atom. The molecule has 31 heavy (non-hydrogen) atoms. The van der Waals surface area contributed by atoms with E-state index in [-0.39, 0.29) is 0 Å². The molecule has 0 atom stereocenters. The van der Waals surface area contributed by atoms with E-state index in [1.807, 2.05) is 0 Å². The number of carbonyl (C=O) groups is 1.